The number of aromatic nitrogens is 3. The van der Waals surface area contributed by atoms with E-state index in [-0.39, 0.29) is 11.7 Å². The van der Waals surface area contributed by atoms with E-state index in [1.807, 2.05) is 44.2 Å². The van der Waals surface area contributed by atoms with Gasteiger partial charge in [0.1, 0.15) is 6.04 Å². The molecule has 172 valence electrons. The normalized spacial score (nSPS) is 15.1. The highest BCUT2D eigenvalue weighted by Crippen LogP contribution is 2.39. The average Bonchev–Trinajstić information content (AvgIpc) is 3.20. The molecule has 1 aliphatic heterocycles. The molecular weight excluding hydrogens is 438 g/mol. The number of aromatic hydroxyl groups is 1. The second kappa shape index (κ2) is 9.58. The molecule has 1 amide bonds. The van der Waals surface area contributed by atoms with Crippen LogP contribution in [-0.2, 0) is 4.79 Å². The molecule has 33 heavy (non-hydrogen) atoms. The van der Waals surface area contributed by atoms with E-state index in [1.54, 1.807) is 28.6 Å². The number of hydrogen-bond acceptors (Lipinski definition) is 7. The van der Waals surface area contributed by atoms with Gasteiger partial charge in [-0.2, -0.15) is 4.98 Å². The second-order valence-electron chi connectivity index (χ2n) is 7.83. The molecule has 3 N–H and O–H groups in total. The van der Waals surface area contributed by atoms with Crippen LogP contribution < -0.4 is 15.4 Å². The molecule has 0 radical (unpaired) electrons. The molecule has 0 spiro atoms. The molecule has 0 saturated heterocycles. The maximum atomic E-state index is 13.5. The first-order valence-electron chi connectivity index (χ1n) is 10.7. The zero-order valence-corrected chi connectivity index (χ0v) is 19.9. The highest BCUT2D eigenvalue weighted by atomic mass is 32.2. The maximum absolute atomic E-state index is 13.5. The third-order valence-electron chi connectivity index (χ3n) is 5.34. The third kappa shape index (κ3) is 4.68. The van der Waals surface area contributed by atoms with Crippen LogP contribution in [0.4, 0.5) is 11.6 Å². The lowest BCUT2D eigenvalue weighted by Crippen LogP contribution is -2.31. The van der Waals surface area contributed by atoms with Gasteiger partial charge in [0.25, 0.3) is 5.91 Å². The van der Waals surface area contributed by atoms with Gasteiger partial charge in [0.2, 0.25) is 11.1 Å². The molecule has 1 unspecified atom stereocenters. The van der Waals surface area contributed by atoms with Crippen LogP contribution in [0, 0.1) is 6.92 Å². The molecular formula is C24H27N5O3S. The number of allylic oxidation sites excluding steroid dienone is 1. The van der Waals surface area contributed by atoms with Crippen molar-refractivity contribution in [2.75, 3.05) is 23.5 Å². The molecule has 0 fully saturated rings. The Hall–Kier alpha value is -3.46. The lowest BCUT2D eigenvalue weighted by atomic mass is 9.94. The average molecular weight is 466 g/mol. The molecule has 1 atom stereocenters. The molecule has 1 aromatic heterocycles. The standard InChI is InChI=1S/C24H27N5O3S/c1-5-12-33-24-27-23-25-15(3)20(22(31)26-17-9-6-14(2)7-10-17)21(29(23)28-24)16-8-11-19(32-4)18(30)13-16/h6-11,13,21,30H,5,12H2,1-4H3,(H,26,31)(H,25,27,28). The smallest absolute Gasteiger partial charge is 0.255 e. The number of benzene rings is 2. The van der Waals surface area contributed by atoms with E-state index in [4.69, 9.17) is 4.74 Å². The lowest BCUT2D eigenvalue weighted by Gasteiger charge is -2.29. The molecule has 2 aromatic carbocycles. The number of rotatable bonds is 7. The first-order valence-corrected chi connectivity index (χ1v) is 11.7. The predicted molar refractivity (Wildman–Crippen MR) is 130 cm³/mol. The Morgan fingerprint density at radius 3 is 2.67 bits per heavy atom. The minimum absolute atomic E-state index is 0.00766. The van der Waals surface area contributed by atoms with Crippen molar-refractivity contribution in [3.05, 3.63) is 64.9 Å². The number of hydrogen-bond donors (Lipinski definition) is 3. The summed E-state index contributed by atoms with van der Waals surface area (Å²) in [5.74, 6) is 1.54. The fraction of sp³-hybridized carbons (Fsp3) is 0.292. The molecule has 9 heteroatoms. The molecule has 0 saturated carbocycles. The first kappa shape index (κ1) is 22.7. The topological polar surface area (TPSA) is 101 Å². The number of phenols is 1. The number of phenolic OH excluding ortho intramolecular Hbond substituents is 1. The van der Waals surface area contributed by atoms with Gasteiger partial charge < -0.3 is 20.5 Å². The summed E-state index contributed by atoms with van der Waals surface area (Å²) in [6, 6.07) is 12.2. The van der Waals surface area contributed by atoms with Gasteiger partial charge in [-0.15, -0.1) is 5.10 Å². The number of methoxy groups -OCH3 is 1. The van der Waals surface area contributed by atoms with Gasteiger partial charge in [-0.3, -0.25) is 4.79 Å². The summed E-state index contributed by atoms with van der Waals surface area (Å²) >= 11 is 1.56. The number of anilines is 2. The van der Waals surface area contributed by atoms with Gasteiger partial charge in [0.15, 0.2) is 11.5 Å². The zero-order chi connectivity index (χ0) is 23.5. The van der Waals surface area contributed by atoms with E-state index in [0.717, 1.165) is 17.7 Å². The van der Waals surface area contributed by atoms with Crippen LogP contribution in [0.15, 0.2) is 58.9 Å². The Morgan fingerprint density at radius 2 is 2.00 bits per heavy atom. The Bertz CT molecular complexity index is 1200. The van der Waals surface area contributed by atoms with Crippen molar-refractivity contribution >= 4 is 29.3 Å². The van der Waals surface area contributed by atoms with Crippen LogP contribution in [0.3, 0.4) is 0 Å². The van der Waals surface area contributed by atoms with Crippen molar-refractivity contribution in [2.24, 2.45) is 0 Å². The van der Waals surface area contributed by atoms with Gasteiger partial charge in [-0.25, -0.2) is 4.68 Å². The van der Waals surface area contributed by atoms with Crippen molar-refractivity contribution < 1.29 is 14.6 Å². The summed E-state index contributed by atoms with van der Waals surface area (Å²) < 4.78 is 6.90. The Morgan fingerprint density at radius 1 is 1.24 bits per heavy atom. The van der Waals surface area contributed by atoms with Crippen LogP contribution in [0.2, 0.25) is 0 Å². The first-order chi connectivity index (χ1) is 15.9. The number of amides is 1. The highest BCUT2D eigenvalue weighted by Gasteiger charge is 2.34. The van der Waals surface area contributed by atoms with Gasteiger partial charge in [-0.05, 0) is 50.1 Å². The SMILES string of the molecule is CCCSc1nc2n(n1)C(c1ccc(OC)c(O)c1)C(C(=O)Nc1ccc(C)cc1)=C(C)N2. The van der Waals surface area contributed by atoms with Crippen LogP contribution in [0.5, 0.6) is 11.5 Å². The van der Waals surface area contributed by atoms with Crippen LogP contribution in [0.1, 0.15) is 37.4 Å². The van der Waals surface area contributed by atoms with E-state index < -0.39 is 6.04 Å². The maximum Gasteiger partial charge on any atom is 0.255 e. The molecule has 3 aromatic rings. The number of carbonyl (C=O) groups excluding carboxylic acids is 1. The summed E-state index contributed by atoms with van der Waals surface area (Å²) in [6.45, 7) is 5.94. The van der Waals surface area contributed by atoms with Crippen molar-refractivity contribution in [1.29, 1.82) is 0 Å². The van der Waals surface area contributed by atoms with Crippen LogP contribution >= 0.6 is 11.8 Å². The molecule has 4 rings (SSSR count). The van der Waals surface area contributed by atoms with Crippen LogP contribution in [0.25, 0.3) is 0 Å². The monoisotopic (exact) mass is 465 g/mol. The van der Waals surface area contributed by atoms with Gasteiger partial charge >= 0.3 is 0 Å². The fourth-order valence-corrected chi connectivity index (χ4v) is 4.38. The second-order valence-corrected chi connectivity index (χ2v) is 8.89. The van der Waals surface area contributed by atoms with E-state index in [9.17, 15) is 9.90 Å². The van der Waals surface area contributed by atoms with Gasteiger partial charge in [0.05, 0.1) is 12.7 Å². The summed E-state index contributed by atoms with van der Waals surface area (Å²) in [7, 11) is 1.50. The van der Waals surface area contributed by atoms with Gasteiger partial charge in [0, 0.05) is 17.1 Å². The van der Waals surface area contributed by atoms with Gasteiger partial charge in [-0.1, -0.05) is 42.4 Å². The Labute approximate surface area is 197 Å². The number of nitrogens with zero attached hydrogens (tertiary/aromatic N) is 3. The van der Waals surface area contributed by atoms with Crippen molar-refractivity contribution in [1.82, 2.24) is 14.8 Å². The molecule has 1 aliphatic rings. The minimum atomic E-state index is -0.577. The number of carbonyl (C=O) groups is 1. The number of aryl methyl sites for hydroxylation is 1. The van der Waals surface area contributed by atoms with E-state index in [1.165, 1.54) is 7.11 Å². The molecule has 2 heterocycles. The fourth-order valence-electron chi connectivity index (χ4n) is 3.70. The van der Waals surface area contributed by atoms with E-state index in [0.29, 0.717) is 39.4 Å². The van der Waals surface area contributed by atoms with E-state index >= 15 is 0 Å². The van der Waals surface area contributed by atoms with Crippen LogP contribution in [-0.4, -0.2) is 38.6 Å². The summed E-state index contributed by atoms with van der Waals surface area (Å²) in [5.41, 5.74) is 3.67. The number of fused-ring (bicyclic) bond motifs is 1. The van der Waals surface area contributed by atoms with Crippen molar-refractivity contribution in [3.63, 3.8) is 0 Å². The van der Waals surface area contributed by atoms with E-state index in [2.05, 4.69) is 27.6 Å². The summed E-state index contributed by atoms with van der Waals surface area (Å²) in [6.07, 6.45) is 0.999. The largest absolute Gasteiger partial charge is 0.504 e. The number of ether oxygens (including phenoxy) is 1. The van der Waals surface area contributed by atoms with Crippen molar-refractivity contribution in [2.45, 2.75) is 38.4 Å². The highest BCUT2D eigenvalue weighted by molar-refractivity contribution is 7.99. The molecule has 0 bridgehead atoms. The Kier molecular flexibility index (Phi) is 6.60. The quantitative estimate of drug-likeness (QED) is 0.434. The third-order valence-corrected chi connectivity index (χ3v) is 6.38. The number of nitrogens with one attached hydrogen (secondary N) is 2. The van der Waals surface area contributed by atoms with Crippen molar-refractivity contribution in [3.8, 4) is 11.5 Å². The number of thioether (sulfide) groups is 1. The zero-order valence-electron chi connectivity index (χ0n) is 19.0. The summed E-state index contributed by atoms with van der Waals surface area (Å²) in [5, 5.41) is 22.0. The lowest BCUT2D eigenvalue weighted by molar-refractivity contribution is -0.113. The summed E-state index contributed by atoms with van der Waals surface area (Å²) in [4.78, 5) is 18.1. The molecule has 8 nitrogen and oxygen atoms in total. The predicted octanol–water partition coefficient (Wildman–Crippen LogP) is 4.73. The molecule has 0 aliphatic carbocycles. The Balaban J connectivity index is 1.77. The minimum Gasteiger partial charge on any atom is -0.504 e.